The first-order valence-electron chi connectivity index (χ1n) is 5.25. The van der Waals surface area contributed by atoms with Crippen molar-refractivity contribution in [3.05, 3.63) is 47.5 Å². The third kappa shape index (κ3) is 1.56. The number of hydrogen-bond acceptors (Lipinski definition) is 2. The number of nitrogens with one attached hydrogen (secondary N) is 1. The zero-order chi connectivity index (χ0) is 11.8. The highest BCUT2D eigenvalue weighted by Gasteiger charge is 2.11. The maximum atomic E-state index is 6.21. The van der Waals surface area contributed by atoms with E-state index in [1.165, 1.54) is 0 Å². The molecule has 3 N–H and O–H groups in total. The molecule has 0 atom stereocenters. The number of fused-ring (bicyclic) bond motifs is 1. The minimum absolute atomic E-state index is 0.496. The molecule has 3 nitrogen and oxygen atoms in total. The third-order valence-electron chi connectivity index (χ3n) is 2.78. The summed E-state index contributed by atoms with van der Waals surface area (Å²) in [5.74, 6) is 0.496. The summed E-state index contributed by atoms with van der Waals surface area (Å²) in [4.78, 5) is 0. The van der Waals surface area contributed by atoms with E-state index in [9.17, 15) is 0 Å². The summed E-state index contributed by atoms with van der Waals surface area (Å²) < 4.78 is 0. The van der Waals surface area contributed by atoms with Crippen molar-refractivity contribution < 1.29 is 0 Å². The summed E-state index contributed by atoms with van der Waals surface area (Å²) in [6.07, 6.45) is 0. The average molecular weight is 244 g/mol. The lowest BCUT2D eigenvalue weighted by molar-refractivity contribution is 1.13. The van der Waals surface area contributed by atoms with E-state index in [-0.39, 0.29) is 0 Å². The molecular weight excluding hydrogens is 234 g/mol. The number of rotatable bonds is 1. The smallest absolute Gasteiger partial charge is 0.153 e. The Balaban J connectivity index is 2.38. The molecule has 0 aliphatic heterocycles. The summed E-state index contributed by atoms with van der Waals surface area (Å²) in [5.41, 5.74) is 8.76. The Morgan fingerprint density at radius 2 is 1.76 bits per heavy atom. The van der Waals surface area contributed by atoms with Gasteiger partial charge in [-0.3, -0.25) is 5.10 Å². The Hall–Kier alpha value is -2.00. The first kappa shape index (κ1) is 10.2. The summed E-state index contributed by atoms with van der Waals surface area (Å²) in [5, 5.41) is 8.55. The topological polar surface area (TPSA) is 54.7 Å². The van der Waals surface area contributed by atoms with Gasteiger partial charge in [-0.1, -0.05) is 41.9 Å². The zero-order valence-corrected chi connectivity index (χ0v) is 9.70. The number of nitrogen functional groups attached to an aromatic ring is 1. The van der Waals surface area contributed by atoms with Gasteiger partial charge >= 0.3 is 0 Å². The van der Waals surface area contributed by atoms with Crippen molar-refractivity contribution in [1.29, 1.82) is 0 Å². The second-order valence-electron chi connectivity index (χ2n) is 3.82. The lowest BCUT2D eigenvalue weighted by Gasteiger charge is -2.05. The van der Waals surface area contributed by atoms with Gasteiger partial charge in [0, 0.05) is 10.6 Å². The molecule has 0 radical (unpaired) electrons. The van der Waals surface area contributed by atoms with Gasteiger partial charge in [-0.2, -0.15) is 5.10 Å². The fourth-order valence-corrected chi connectivity index (χ4v) is 2.24. The summed E-state index contributed by atoms with van der Waals surface area (Å²) in [7, 11) is 0. The number of aromatic amines is 1. The van der Waals surface area contributed by atoms with E-state index in [1.54, 1.807) is 0 Å². The van der Waals surface area contributed by atoms with Crippen LogP contribution in [-0.2, 0) is 0 Å². The van der Waals surface area contributed by atoms with E-state index in [1.807, 2.05) is 42.5 Å². The van der Waals surface area contributed by atoms with E-state index >= 15 is 0 Å². The third-order valence-corrected chi connectivity index (χ3v) is 3.11. The van der Waals surface area contributed by atoms with Gasteiger partial charge in [0.2, 0.25) is 0 Å². The molecule has 0 saturated heterocycles. The van der Waals surface area contributed by atoms with E-state index in [0.717, 1.165) is 22.0 Å². The van der Waals surface area contributed by atoms with Crippen molar-refractivity contribution in [2.45, 2.75) is 0 Å². The van der Waals surface area contributed by atoms with Gasteiger partial charge in [0.25, 0.3) is 0 Å². The lowest BCUT2D eigenvalue weighted by Crippen LogP contribution is -1.87. The van der Waals surface area contributed by atoms with Crippen LogP contribution in [0, 0.1) is 0 Å². The highest BCUT2D eigenvalue weighted by Crippen LogP contribution is 2.34. The molecule has 3 aromatic rings. The minimum Gasteiger partial charge on any atom is -0.382 e. The molecule has 17 heavy (non-hydrogen) atoms. The Kier molecular flexibility index (Phi) is 2.27. The quantitative estimate of drug-likeness (QED) is 0.688. The van der Waals surface area contributed by atoms with Crippen molar-refractivity contribution in [2.75, 3.05) is 5.73 Å². The molecule has 4 heteroatoms. The van der Waals surface area contributed by atoms with Crippen molar-refractivity contribution in [3.63, 3.8) is 0 Å². The van der Waals surface area contributed by atoms with Gasteiger partial charge in [0.15, 0.2) is 5.82 Å². The Morgan fingerprint density at radius 3 is 2.59 bits per heavy atom. The number of hydrogen-bond donors (Lipinski definition) is 2. The molecule has 0 unspecified atom stereocenters. The fraction of sp³-hybridized carbons (Fsp3) is 0. The lowest BCUT2D eigenvalue weighted by atomic mass is 10.0. The van der Waals surface area contributed by atoms with Gasteiger partial charge < -0.3 is 5.73 Å². The number of aromatic nitrogens is 2. The van der Waals surface area contributed by atoms with E-state index < -0.39 is 0 Å². The van der Waals surface area contributed by atoms with E-state index in [0.29, 0.717) is 10.8 Å². The number of benzene rings is 2. The van der Waals surface area contributed by atoms with Gasteiger partial charge in [-0.15, -0.1) is 0 Å². The van der Waals surface area contributed by atoms with Crippen LogP contribution < -0.4 is 5.73 Å². The largest absolute Gasteiger partial charge is 0.382 e. The summed E-state index contributed by atoms with van der Waals surface area (Å²) in [6, 6.07) is 13.6. The summed E-state index contributed by atoms with van der Waals surface area (Å²) >= 11 is 6.21. The second-order valence-corrected chi connectivity index (χ2v) is 4.22. The maximum absolute atomic E-state index is 6.21. The molecule has 0 aliphatic carbocycles. The van der Waals surface area contributed by atoms with Crippen molar-refractivity contribution >= 4 is 28.3 Å². The number of H-pyrrole nitrogens is 1. The highest BCUT2D eigenvalue weighted by atomic mass is 35.5. The van der Waals surface area contributed by atoms with Crippen LogP contribution in [0.1, 0.15) is 0 Å². The molecule has 0 amide bonds. The van der Waals surface area contributed by atoms with Crippen LogP contribution in [0.4, 0.5) is 5.82 Å². The van der Waals surface area contributed by atoms with Crippen LogP contribution in [0.15, 0.2) is 42.5 Å². The molecule has 0 aliphatic rings. The van der Waals surface area contributed by atoms with Crippen molar-refractivity contribution in [2.24, 2.45) is 0 Å². The monoisotopic (exact) mass is 243 g/mol. The Morgan fingerprint density at radius 1 is 1.00 bits per heavy atom. The average Bonchev–Trinajstić information content (AvgIpc) is 2.72. The molecule has 0 bridgehead atoms. The SMILES string of the molecule is Nc1n[nH]c2cccc(-c3ccccc3Cl)c12. The van der Waals surface area contributed by atoms with Crippen LogP contribution in [0.2, 0.25) is 5.02 Å². The number of nitrogens with two attached hydrogens (primary N) is 1. The molecule has 1 heterocycles. The van der Waals surface area contributed by atoms with Crippen LogP contribution in [0.5, 0.6) is 0 Å². The molecule has 0 saturated carbocycles. The Bertz CT molecular complexity index is 688. The molecular formula is C13H10ClN3. The molecule has 84 valence electrons. The maximum Gasteiger partial charge on any atom is 0.153 e. The standard InChI is InChI=1S/C13H10ClN3/c14-10-6-2-1-4-8(10)9-5-3-7-11-12(9)13(15)17-16-11/h1-7H,(H3,15,16,17). The molecule has 0 spiro atoms. The number of halogens is 1. The number of anilines is 1. The number of nitrogens with zero attached hydrogens (tertiary/aromatic N) is 1. The van der Waals surface area contributed by atoms with Crippen LogP contribution in [0.25, 0.3) is 22.0 Å². The van der Waals surface area contributed by atoms with E-state index in [2.05, 4.69) is 10.2 Å². The first-order valence-corrected chi connectivity index (χ1v) is 5.62. The van der Waals surface area contributed by atoms with Crippen LogP contribution >= 0.6 is 11.6 Å². The van der Waals surface area contributed by atoms with Gasteiger partial charge in [-0.25, -0.2) is 0 Å². The van der Waals surface area contributed by atoms with Gasteiger partial charge in [0.1, 0.15) is 0 Å². The van der Waals surface area contributed by atoms with Gasteiger partial charge in [0.05, 0.1) is 10.9 Å². The first-order chi connectivity index (χ1) is 8.27. The normalized spacial score (nSPS) is 10.9. The Labute approximate surface area is 103 Å². The van der Waals surface area contributed by atoms with Crippen molar-refractivity contribution in [1.82, 2.24) is 10.2 Å². The van der Waals surface area contributed by atoms with Crippen LogP contribution in [0.3, 0.4) is 0 Å². The minimum atomic E-state index is 0.496. The summed E-state index contributed by atoms with van der Waals surface area (Å²) in [6.45, 7) is 0. The van der Waals surface area contributed by atoms with Crippen LogP contribution in [-0.4, -0.2) is 10.2 Å². The van der Waals surface area contributed by atoms with Gasteiger partial charge in [-0.05, 0) is 17.7 Å². The highest BCUT2D eigenvalue weighted by molar-refractivity contribution is 6.33. The zero-order valence-electron chi connectivity index (χ0n) is 8.94. The second kappa shape index (κ2) is 3.79. The molecule has 1 aromatic heterocycles. The predicted molar refractivity (Wildman–Crippen MR) is 71.0 cm³/mol. The predicted octanol–water partition coefficient (Wildman–Crippen LogP) is 3.47. The fourth-order valence-electron chi connectivity index (χ4n) is 2.00. The van der Waals surface area contributed by atoms with Crippen molar-refractivity contribution in [3.8, 4) is 11.1 Å². The molecule has 2 aromatic carbocycles. The van der Waals surface area contributed by atoms with E-state index in [4.69, 9.17) is 17.3 Å². The molecule has 3 rings (SSSR count). The molecule has 0 fully saturated rings.